The summed E-state index contributed by atoms with van der Waals surface area (Å²) >= 11 is 1.72. The highest BCUT2D eigenvalue weighted by Crippen LogP contribution is 2.14. The smallest absolute Gasteiger partial charge is 0.239 e. The zero-order valence-corrected chi connectivity index (χ0v) is 12.9. The molecule has 0 bridgehead atoms. The van der Waals surface area contributed by atoms with Gasteiger partial charge >= 0.3 is 0 Å². The van der Waals surface area contributed by atoms with Crippen molar-refractivity contribution in [1.29, 1.82) is 0 Å². The van der Waals surface area contributed by atoms with E-state index >= 15 is 0 Å². The second-order valence-electron chi connectivity index (χ2n) is 4.40. The summed E-state index contributed by atoms with van der Waals surface area (Å²) in [6, 6.07) is -0.358. The fourth-order valence-electron chi connectivity index (χ4n) is 2.01. The quantitative estimate of drug-likeness (QED) is 0.774. The molecule has 0 spiro atoms. The van der Waals surface area contributed by atoms with Crippen molar-refractivity contribution in [2.24, 2.45) is 5.73 Å². The van der Waals surface area contributed by atoms with Gasteiger partial charge in [0.15, 0.2) is 0 Å². The summed E-state index contributed by atoms with van der Waals surface area (Å²) in [6.45, 7) is 4.23. The highest BCUT2D eigenvalue weighted by molar-refractivity contribution is 7.98. The van der Waals surface area contributed by atoms with Crippen molar-refractivity contribution in [3.8, 4) is 0 Å². The van der Waals surface area contributed by atoms with Crippen LogP contribution in [0, 0.1) is 0 Å². The predicted molar refractivity (Wildman–Crippen MR) is 79.5 cm³/mol. The van der Waals surface area contributed by atoms with E-state index in [-0.39, 0.29) is 30.5 Å². The molecule has 0 aromatic rings. The Morgan fingerprint density at radius 1 is 1.61 bits per heavy atom. The standard InChI is InChI=1S/C12H24N2O2S.ClH/c1-3-14(9-10-5-4-7-16-10)12(15)11(13)6-8-17-2;/h10-11H,3-9,13H2,1-2H3;1H/t10?,11-;/m0./s1. The summed E-state index contributed by atoms with van der Waals surface area (Å²) < 4.78 is 5.56. The summed E-state index contributed by atoms with van der Waals surface area (Å²) in [7, 11) is 0. The van der Waals surface area contributed by atoms with Gasteiger partial charge in [-0.05, 0) is 38.2 Å². The predicted octanol–water partition coefficient (Wildman–Crippen LogP) is 1.52. The summed E-state index contributed by atoms with van der Waals surface area (Å²) in [5.74, 6) is 1.00. The van der Waals surface area contributed by atoms with Crippen molar-refractivity contribution in [2.75, 3.05) is 31.7 Å². The van der Waals surface area contributed by atoms with E-state index in [0.29, 0.717) is 13.1 Å². The maximum Gasteiger partial charge on any atom is 0.239 e. The zero-order valence-electron chi connectivity index (χ0n) is 11.3. The number of nitrogens with two attached hydrogens (primary N) is 1. The van der Waals surface area contributed by atoms with E-state index in [2.05, 4.69) is 0 Å². The van der Waals surface area contributed by atoms with Crippen LogP contribution in [0.25, 0.3) is 0 Å². The van der Waals surface area contributed by atoms with Crippen LogP contribution in [-0.2, 0) is 9.53 Å². The van der Waals surface area contributed by atoms with Gasteiger partial charge in [0, 0.05) is 19.7 Å². The Labute approximate surface area is 120 Å². The molecule has 1 heterocycles. The zero-order chi connectivity index (χ0) is 12.7. The van der Waals surface area contributed by atoms with Crippen molar-refractivity contribution in [3.05, 3.63) is 0 Å². The number of carbonyl (C=O) groups is 1. The number of hydrogen-bond donors (Lipinski definition) is 1. The fraction of sp³-hybridized carbons (Fsp3) is 0.917. The molecule has 1 aliphatic rings. The lowest BCUT2D eigenvalue weighted by atomic mass is 10.2. The lowest BCUT2D eigenvalue weighted by Gasteiger charge is -2.26. The van der Waals surface area contributed by atoms with E-state index in [1.165, 1.54) is 0 Å². The van der Waals surface area contributed by atoms with Crippen LogP contribution in [0.3, 0.4) is 0 Å². The van der Waals surface area contributed by atoms with Gasteiger partial charge in [0.05, 0.1) is 12.1 Å². The van der Waals surface area contributed by atoms with Crippen LogP contribution in [0.4, 0.5) is 0 Å². The first-order valence-corrected chi connectivity index (χ1v) is 7.73. The molecule has 0 aromatic heterocycles. The average molecular weight is 297 g/mol. The number of carbonyl (C=O) groups excluding carboxylic acids is 1. The second-order valence-corrected chi connectivity index (χ2v) is 5.39. The molecule has 2 atom stereocenters. The minimum absolute atomic E-state index is 0. The van der Waals surface area contributed by atoms with E-state index in [1.807, 2.05) is 18.1 Å². The first-order valence-electron chi connectivity index (χ1n) is 6.34. The number of halogens is 1. The normalized spacial score (nSPS) is 20.3. The van der Waals surface area contributed by atoms with Crippen molar-refractivity contribution in [3.63, 3.8) is 0 Å². The molecule has 0 aromatic carbocycles. The van der Waals surface area contributed by atoms with E-state index in [9.17, 15) is 4.79 Å². The molecule has 2 N–H and O–H groups in total. The SMILES string of the molecule is CCN(CC1CCCO1)C(=O)[C@@H](N)CCSC.Cl. The number of rotatable bonds is 7. The van der Waals surface area contributed by atoms with Gasteiger partial charge in [-0.15, -0.1) is 12.4 Å². The van der Waals surface area contributed by atoms with Crippen LogP contribution in [0.15, 0.2) is 0 Å². The van der Waals surface area contributed by atoms with Crippen LogP contribution >= 0.6 is 24.2 Å². The third-order valence-corrected chi connectivity index (χ3v) is 3.74. The Kier molecular flexibility index (Phi) is 9.91. The second kappa shape index (κ2) is 9.89. The lowest BCUT2D eigenvalue weighted by Crippen LogP contribution is -2.46. The number of amides is 1. The number of ether oxygens (including phenoxy) is 1. The molecular formula is C12H25ClN2O2S. The third-order valence-electron chi connectivity index (χ3n) is 3.09. The van der Waals surface area contributed by atoms with Crippen molar-refractivity contribution >= 4 is 30.1 Å². The average Bonchev–Trinajstić information content (AvgIpc) is 2.84. The minimum atomic E-state index is -0.358. The van der Waals surface area contributed by atoms with Gasteiger partial charge in [-0.1, -0.05) is 0 Å². The van der Waals surface area contributed by atoms with Crippen LogP contribution in [-0.4, -0.2) is 54.7 Å². The van der Waals surface area contributed by atoms with Crippen LogP contribution in [0.1, 0.15) is 26.2 Å². The molecule has 1 fully saturated rings. The molecule has 0 aliphatic carbocycles. The summed E-state index contributed by atoms with van der Waals surface area (Å²) in [5, 5.41) is 0. The number of hydrogen-bond acceptors (Lipinski definition) is 4. The van der Waals surface area contributed by atoms with Crippen LogP contribution < -0.4 is 5.73 Å². The van der Waals surface area contributed by atoms with Crippen molar-refractivity contribution in [2.45, 2.75) is 38.3 Å². The largest absolute Gasteiger partial charge is 0.376 e. The van der Waals surface area contributed by atoms with Crippen LogP contribution in [0.5, 0.6) is 0 Å². The lowest BCUT2D eigenvalue weighted by molar-refractivity contribution is -0.134. The summed E-state index contributed by atoms with van der Waals surface area (Å²) in [4.78, 5) is 13.9. The molecule has 108 valence electrons. The van der Waals surface area contributed by atoms with E-state index in [1.54, 1.807) is 11.8 Å². The number of nitrogens with zero attached hydrogens (tertiary/aromatic N) is 1. The molecule has 0 radical (unpaired) electrons. The molecule has 0 saturated carbocycles. The topological polar surface area (TPSA) is 55.6 Å². The molecule has 1 saturated heterocycles. The third kappa shape index (κ3) is 5.78. The van der Waals surface area contributed by atoms with Gasteiger partial charge < -0.3 is 15.4 Å². The molecule has 1 rings (SSSR count). The molecule has 4 nitrogen and oxygen atoms in total. The summed E-state index contributed by atoms with van der Waals surface area (Å²) in [5.41, 5.74) is 5.91. The molecule has 18 heavy (non-hydrogen) atoms. The molecule has 1 amide bonds. The maximum atomic E-state index is 12.1. The van der Waals surface area contributed by atoms with Crippen LogP contribution in [0.2, 0.25) is 0 Å². The molecule has 6 heteroatoms. The van der Waals surface area contributed by atoms with Gasteiger partial charge in [-0.3, -0.25) is 4.79 Å². The van der Waals surface area contributed by atoms with Gasteiger partial charge in [0.1, 0.15) is 0 Å². The minimum Gasteiger partial charge on any atom is -0.376 e. The van der Waals surface area contributed by atoms with Gasteiger partial charge in [-0.25, -0.2) is 0 Å². The molecular weight excluding hydrogens is 272 g/mol. The van der Waals surface area contributed by atoms with E-state index in [0.717, 1.165) is 31.6 Å². The Balaban J connectivity index is 0.00000289. The van der Waals surface area contributed by atoms with Gasteiger partial charge in [0.2, 0.25) is 5.91 Å². The monoisotopic (exact) mass is 296 g/mol. The fourth-order valence-corrected chi connectivity index (χ4v) is 2.50. The Morgan fingerprint density at radius 2 is 2.33 bits per heavy atom. The van der Waals surface area contributed by atoms with Gasteiger partial charge in [-0.2, -0.15) is 11.8 Å². The maximum absolute atomic E-state index is 12.1. The first-order chi connectivity index (χ1) is 8.19. The van der Waals surface area contributed by atoms with Gasteiger partial charge in [0.25, 0.3) is 0 Å². The highest BCUT2D eigenvalue weighted by atomic mass is 35.5. The van der Waals surface area contributed by atoms with E-state index < -0.39 is 0 Å². The number of thioether (sulfide) groups is 1. The highest BCUT2D eigenvalue weighted by Gasteiger charge is 2.24. The Bertz CT molecular complexity index is 238. The number of likely N-dealkylation sites (N-methyl/N-ethyl adjacent to an activating group) is 1. The first kappa shape index (κ1) is 18.0. The molecule has 1 aliphatic heterocycles. The Morgan fingerprint density at radius 3 is 2.83 bits per heavy atom. The van der Waals surface area contributed by atoms with Crippen molar-refractivity contribution < 1.29 is 9.53 Å². The Hall–Kier alpha value is 0.0300. The van der Waals surface area contributed by atoms with Crippen molar-refractivity contribution in [1.82, 2.24) is 4.90 Å². The molecule has 1 unspecified atom stereocenters. The van der Waals surface area contributed by atoms with E-state index in [4.69, 9.17) is 10.5 Å². The summed E-state index contributed by atoms with van der Waals surface area (Å²) in [6.07, 6.45) is 5.16.